The largest absolute Gasteiger partial charge is 0.460 e. The zero-order valence-corrected chi connectivity index (χ0v) is 15.4. The molecule has 1 atom stereocenters. The molecule has 1 unspecified atom stereocenters. The zero-order valence-electron chi connectivity index (χ0n) is 15.4. The van der Waals surface area contributed by atoms with Crippen LogP contribution < -0.4 is 0 Å². The normalized spacial score (nSPS) is 21.4. The van der Waals surface area contributed by atoms with Crippen molar-refractivity contribution in [3.8, 4) is 0 Å². The van der Waals surface area contributed by atoms with E-state index in [1.807, 2.05) is 4.57 Å². The van der Waals surface area contributed by atoms with Gasteiger partial charge in [-0.3, -0.25) is 14.6 Å². The molecule has 0 saturated carbocycles. The zero-order chi connectivity index (χ0) is 20.6. The molecule has 0 radical (unpaired) electrons. The molecule has 4 heterocycles. The average molecular weight is 408 g/mol. The van der Waals surface area contributed by atoms with Gasteiger partial charge in [0.05, 0.1) is 23.9 Å². The molecule has 0 aliphatic carbocycles. The number of carbonyl (C=O) groups excluding carboxylic acids is 2. The Morgan fingerprint density at radius 2 is 2.03 bits per heavy atom. The van der Waals surface area contributed by atoms with Gasteiger partial charge >= 0.3 is 12.1 Å². The van der Waals surface area contributed by atoms with E-state index in [-0.39, 0.29) is 23.5 Å². The molecule has 7 nitrogen and oxygen atoms in total. The molecule has 4 rings (SSSR count). The van der Waals surface area contributed by atoms with Crippen molar-refractivity contribution in [2.24, 2.45) is 5.41 Å². The molecule has 1 amide bonds. The van der Waals surface area contributed by atoms with E-state index in [2.05, 4.69) is 9.97 Å². The SMILES string of the molecule is O=C(c1ccc(C(F)(F)F)nc1)N1CCC2(CC1)CC(Cn1ccnc1)OC2=O. The number of pyridine rings is 1. The number of aromatic nitrogens is 3. The van der Waals surface area contributed by atoms with Crippen LogP contribution in [0, 0.1) is 5.41 Å². The van der Waals surface area contributed by atoms with E-state index in [4.69, 9.17) is 4.74 Å². The number of cyclic esters (lactones) is 1. The van der Waals surface area contributed by atoms with Crippen LogP contribution in [0.2, 0.25) is 0 Å². The Morgan fingerprint density at radius 3 is 2.62 bits per heavy atom. The number of ether oxygens (including phenoxy) is 1. The van der Waals surface area contributed by atoms with Crippen LogP contribution in [0.15, 0.2) is 37.1 Å². The van der Waals surface area contributed by atoms with Crippen molar-refractivity contribution in [1.82, 2.24) is 19.4 Å². The van der Waals surface area contributed by atoms with E-state index >= 15 is 0 Å². The van der Waals surface area contributed by atoms with Crippen molar-refractivity contribution in [3.63, 3.8) is 0 Å². The minimum Gasteiger partial charge on any atom is -0.460 e. The van der Waals surface area contributed by atoms with E-state index in [1.54, 1.807) is 23.6 Å². The maximum Gasteiger partial charge on any atom is 0.433 e. The molecular formula is C19H19F3N4O3. The van der Waals surface area contributed by atoms with Crippen molar-refractivity contribution < 1.29 is 27.5 Å². The van der Waals surface area contributed by atoms with Gasteiger partial charge in [-0.2, -0.15) is 13.2 Å². The molecule has 1 spiro atoms. The van der Waals surface area contributed by atoms with E-state index in [0.717, 1.165) is 18.3 Å². The lowest BCUT2D eigenvalue weighted by molar-refractivity contribution is -0.150. The fourth-order valence-corrected chi connectivity index (χ4v) is 3.99. The summed E-state index contributed by atoms with van der Waals surface area (Å²) in [6.45, 7) is 1.22. The molecule has 2 saturated heterocycles. The Morgan fingerprint density at radius 1 is 1.28 bits per heavy atom. The number of imidazole rings is 1. The third kappa shape index (κ3) is 3.83. The molecule has 29 heavy (non-hydrogen) atoms. The summed E-state index contributed by atoms with van der Waals surface area (Å²) >= 11 is 0. The van der Waals surface area contributed by atoms with E-state index < -0.39 is 17.3 Å². The topological polar surface area (TPSA) is 77.3 Å². The number of esters is 1. The number of nitrogens with zero attached hydrogens (tertiary/aromatic N) is 4. The summed E-state index contributed by atoms with van der Waals surface area (Å²) in [4.78, 5) is 34.0. The Kier molecular flexibility index (Phi) is 4.79. The van der Waals surface area contributed by atoms with Crippen LogP contribution in [0.4, 0.5) is 13.2 Å². The van der Waals surface area contributed by atoms with Gasteiger partial charge in [0.25, 0.3) is 5.91 Å². The second-order valence-corrected chi connectivity index (χ2v) is 7.49. The highest BCUT2D eigenvalue weighted by molar-refractivity contribution is 5.94. The Bertz CT molecular complexity index is 888. The van der Waals surface area contributed by atoms with Crippen LogP contribution in [0.5, 0.6) is 0 Å². The summed E-state index contributed by atoms with van der Waals surface area (Å²) in [7, 11) is 0. The molecule has 154 valence electrons. The van der Waals surface area contributed by atoms with Crippen molar-refractivity contribution in [2.45, 2.75) is 38.1 Å². The standard InChI is InChI=1S/C19H19F3N4O3/c20-19(21,22)15-2-1-13(10-24-15)16(27)26-6-3-18(4-7-26)9-14(29-17(18)28)11-25-8-5-23-12-25/h1-2,5,8,10,12,14H,3-4,6-7,9,11H2. The molecule has 10 heteroatoms. The highest BCUT2D eigenvalue weighted by atomic mass is 19.4. The van der Waals surface area contributed by atoms with Gasteiger partial charge in [0.2, 0.25) is 0 Å². The van der Waals surface area contributed by atoms with Crippen LogP contribution in [0.3, 0.4) is 0 Å². The second kappa shape index (κ2) is 7.16. The lowest BCUT2D eigenvalue weighted by Gasteiger charge is -2.36. The lowest BCUT2D eigenvalue weighted by Crippen LogP contribution is -2.45. The first-order valence-corrected chi connectivity index (χ1v) is 9.26. The number of hydrogen-bond donors (Lipinski definition) is 0. The summed E-state index contributed by atoms with van der Waals surface area (Å²) in [5, 5.41) is 0. The van der Waals surface area contributed by atoms with Gasteiger partial charge in [-0.05, 0) is 25.0 Å². The fourth-order valence-electron chi connectivity index (χ4n) is 3.99. The predicted molar refractivity (Wildman–Crippen MR) is 93.5 cm³/mol. The number of halogens is 3. The van der Waals surface area contributed by atoms with Gasteiger partial charge < -0.3 is 14.2 Å². The fraction of sp³-hybridized carbons (Fsp3) is 0.474. The molecule has 2 aromatic rings. The number of amides is 1. The summed E-state index contributed by atoms with van der Waals surface area (Å²) in [5.74, 6) is -0.631. The second-order valence-electron chi connectivity index (χ2n) is 7.49. The van der Waals surface area contributed by atoms with Crippen LogP contribution in [-0.2, 0) is 22.3 Å². The summed E-state index contributed by atoms with van der Waals surface area (Å²) in [5.41, 5.74) is -1.55. The summed E-state index contributed by atoms with van der Waals surface area (Å²) in [6, 6.07) is 1.93. The third-order valence-corrected chi connectivity index (χ3v) is 5.61. The van der Waals surface area contributed by atoms with Crippen LogP contribution in [-0.4, -0.2) is 50.5 Å². The van der Waals surface area contributed by atoms with E-state index in [1.165, 1.54) is 0 Å². The van der Waals surface area contributed by atoms with Gasteiger partial charge in [0.1, 0.15) is 11.8 Å². The number of carbonyl (C=O) groups is 2. The van der Waals surface area contributed by atoms with Crippen molar-refractivity contribution in [1.29, 1.82) is 0 Å². The predicted octanol–water partition coefficient (Wildman–Crippen LogP) is 2.54. The number of alkyl halides is 3. The molecule has 0 bridgehead atoms. The Hall–Kier alpha value is -2.91. The molecule has 2 aliphatic rings. The molecule has 2 aromatic heterocycles. The number of hydrogen-bond acceptors (Lipinski definition) is 5. The van der Waals surface area contributed by atoms with Crippen molar-refractivity contribution in [2.75, 3.05) is 13.1 Å². The van der Waals surface area contributed by atoms with Gasteiger partial charge in [-0.25, -0.2) is 4.98 Å². The van der Waals surface area contributed by atoms with Gasteiger partial charge in [-0.1, -0.05) is 0 Å². The monoisotopic (exact) mass is 408 g/mol. The van der Waals surface area contributed by atoms with Crippen LogP contribution in [0.25, 0.3) is 0 Å². The lowest BCUT2D eigenvalue weighted by atomic mass is 9.76. The van der Waals surface area contributed by atoms with Crippen molar-refractivity contribution >= 4 is 11.9 Å². The Balaban J connectivity index is 1.37. The van der Waals surface area contributed by atoms with Crippen molar-refractivity contribution in [3.05, 3.63) is 48.3 Å². The highest BCUT2D eigenvalue weighted by Gasteiger charge is 2.50. The van der Waals surface area contributed by atoms with E-state index in [9.17, 15) is 22.8 Å². The third-order valence-electron chi connectivity index (χ3n) is 5.61. The summed E-state index contributed by atoms with van der Waals surface area (Å²) < 4.78 is 45.3. The molecule has 0 N–H and O–H groups in total. The average Bonchev–Trinajstić information content (AvgIpc) is 3.30. The van der Waals surface area contributed by atoms with Gasteiger partial charge in [0.15, 0.2) is 0 Å². The number of likely N-dealkylation sites (tertiary alicyclic amines) is 1. The molecule has 2 fully saturated rings. The van der Waals surface area contributed by atoms with Crippen LogP contribution in [0.1, 0.15) is 35.3 Å². The molecular weight excluding hydrogens is 389 g/mol. The first-order valence-electron chi connectivity index (χ1n) is 9.26. The van der Waals surface area contributed by atoms with Crippen LogP contribution >= 0.6 is 0 Å². The van der Waals surface area contributed by atoms with E-state index in [0.29, 0.717) is 38.9 Å². The molecule has 2 aliphatic heterocycles. The minimum absolute atomic E-state index is 0.0981. The quantitative estimate of drug-likeness (QED) is 0.730. The Labute approximate surface area is 164 Å². The number of rotatable bonds is 3. The maximum absolute atomic E-state index is 12.6. The smallest absolute Gasteiger partial charge is 0.433 e. The summed E-state index contributed by atoms with van der Waals surface area (Å²) in [6.07, 6.45) is 2.79. The molecule has 0 aromatic carbocycles. The number of piperidine rings is 1. The first kappa shape index (κ1) is 19.4. The maximum atomic E-state index is 12.6. The first-order chi connectivity index (χ1) is 13.8. The van der Waals surface area contributed by atoms with Gasteiger partial charge in [-0.15, -0.1) is 0 Å². The van der Waals surface area contributed by atoms with Gasteiger partial charge in [0, 0.05) is 38.1 Å². The highest BCUT2D eigenvalue weighted by Crippen LogP contribution is 2.43. The minimum atomic E-state index is -4.55.